The lowest BCUT2D eigenvalue weighted by atomic mass is 9.85. The van der Waals surface area contributed by atoms with Gasteiger partial charge in [0.05, 0.1) is 11.8 Å². The van der Waals surface area contributed by atoms with Crippen molar-refractivity contribution >= 4 is 23.6 Å². The van der Waals surface area contributed by atoms with E-state index in [-0.39, 0.29) is 35.5 Å². The van der Waals surface area contributed by atoms with Crippen molar-refractivity contribution in [3.8, 4) is 0 Å². The van der Waals surface area contributed by atoms with Crippen molar-refractivity contribution in [3.63, 3.8) is 0 Å². The van der Waals surface area contributed by atoms with Gasteiger partial charge in [0.15, 0.2) is 0 Å². The standard InChI is InChI=1S/C17H25N3O4/c1-11(15(22)19(3)10-6-9-14(21)18-2)20-16(23)12-7-4-5-8-13(12)17(20)24/h4-5,11-13H,6-10H2,1-3H3,(H,18,21)/t11-,12-,13+/m0/s1. The van der Waals surface area contributed by atoms with Gasteiger partial charge in [0, 0.05) is 27.1 Å². The predicted octanol–water partition coefficient (Wildman–Crippen LogP) is 0.311. The number of fused-ring (bicyclic) bond motifs is 1. The fraction of sp³-hybridized carbons (Fsp3) is 0.647. The number of rotatable bonds is 6. The van der Waals surface area contributed by atoms with Crippen LogP contribution in [0.5, 0.6) is 0 Å². The smallest absolute Gasteiger partial charge is 0.245 e. The van der Waals surface area contributed by atoms with E-state index in [4.69, 9.17) is 0 Å². The fourth-order valence-electron chi connectivity index (χ4n) is 3.35. The third-order valence-electron chi connectivity index (χ3n) is 4.84. The summed E-state index contributed by atoms with van der Waals surface area (Å²) >= 11 is 0. The van der Waals surface area contributed by atoms with Crippen LogP contribution in [-0.4, -0.2) is 60.1 Å². The van der Waals surface area contributed by atoms with E-state index in [1.165, 1.54) is 4.90 Å². The second-order valence-corrected chi connectivity index (χ2v) is 6.41. The van der Waals surface area contributed by atoms with Crippen LogP contribution in [0.25, 0.3) is 0 Å². The number of likely N-dealkylation sites (N-methyl/N-ethyl adjacent to an activating group) is 1. The van der Waals surface area contributed by atoms with Gasteiger partial charge in [-0.15, -0.1) is 0 Å². The topological polar surface area (TPSA) is 86.8 Å². The number of likely N-dealkylation sites (tertiary alicyclic amines) is 1. The number of imide groups is 1. The molecule has 0 bridgehead atoms. The molecule has 1 aliphatic heterocycles. The molecule has 0 aromatic heterocycles. The highest BCUT2D eigenvalue weighted by atomic mass is 16.2. The molecule has 0 aromatic carbocycles. The number of amides is 4. The summed E-state index contributed by atoms with van der Waals surface area (Å²) in [5.74, 6) is -1.49. The first kappa shape index (κ1) is 18.2. The van der Waals surface area contributed by atoms with Crippen LogP contribution in [0.3, 0.4) is 0 Å². The molecular formula is C17H25N3O4. The molecule has 4 amide bonds. The third kappa shape index (κ3) is 3.49. The second-order valence-electron chi connectivity index (χ2n) is 6.41. The Kier molecular flexibility index (Phi) is 5.75. The molecule has 1 N–H and O–H groups in total. The Morgan fingerprint density at radius 2 is 1.79 bits per heavy atom. The minimum absolute atomic E-state index is 0.0784. The molecule has 2 aliphatic rings. The van der Waals surface area contributed by atoms with Crippen LogP contribution in [0, 0.1) is 11.8 Å². The summed E-state index contributed by atoms with van der Waals surface area (Å²) in [5, 5.41) is 2.53. The molecule has 0 spiro atoms. The molecule has 1 fully saturated rings. The summed E-state index contributed by atoms with van der Waals surface area (Å²) in [4.78, 5) is 51.4. The van der Waals surface area contributed by atoms with Gasteiger partial charge in [0.1, 0.15) is 6.04 Å². The Labute approximate surface area is 142 Å². The van der Waals surface area contributed by atoms with Gasteiger partial charge in [-0.1, -0.05) is 12.2 Å². The average Bonchev–Trinajstić information content (AvgIpc) is 2.84. The van der Waals surface area contributed by atoms with Crippen LogP contribution in [0.15, 0.2) is 12.2 Å². The summed E-state index contributed by atoms with van der Waals surface area (Å²) in [6.07, 6.45) is 5.84. The first-order valence-electron chi connectivity index (χ1n) is 8.36. The van der Waals surface area contributed by atoms with Crippen molar-refractivity contribution in [1.29, 1.82) is 0 Å². The molecule has 3 atom stereocenters. The number of nitrogens with zero attached hydrogens (tertiary/aromatic N) is 2. The van der Waals surface area contributed by atoms with E-state index in [1.54, 1.807) is 21.0 Å². The number of hydrogen-bond donors (Lipinski definition) is 1. The first-order chi connectivity index (χ1) is 11.4. The van der Waals surface area contributed by atoms with E-state index in [0.717, 1.165) is 4.90 Å². The molecule has 7 nitrogen and oxygen atoms in total. The van der Waals surface area contributed by atoms with E-state index in [9.17, 15) is 19.2 Å². The minimum Gasteiger partial charge on any atom is -0.359 e. The SMILES string of the molecule is CNC(=O)CCCN(C)C(=O)[C@H](C)N1C(=O)[C@H]2CC=CC[C@H]2C1=O. The van der Waals surface area contributed by atoms with Crippen LogP contribution in [0.2, 0.25) is 0 Å². The van der Waals surface area contributed by atoms with E-state index >= 15 is 0 Å². The molecular weight excluding hydrogens is 310 g/mol. The Morgan fingerprint density at radius 3 is 2.29 bits per heavy atom. The van der Waals surface area contributed by atoms with Crippen LogP contribution in [0.1, 0.15) is 32.6 Å². The molecule has 1 saturated heterocycles. The zero-order valence-electron chi connectivity index (χ0n) is 14.4. The number of nitrogens with one attached hydrogen (secondary N) is 1. The van der Waals surface area contributed by atoms with Crippen molar-refractivity contribution in [1.82, 2.24) is 15.1 Å². The molecule has 0 aromatic rings. The van der Waals surface area contributed by atoms with Crippen molar-refractivity contribution in [3.05, 3.63) is 12.2 Å². The Hall–Kier alpha value is -2.18. The largest absolute Gasteiger partial charge is 0.359 e. The van der Waals surface area contributed by atoms with Gasteiger partial charge in [0.25, 0.3) is 0 Å². The van der Waals surface area contributed by atoms with Gasteiger partial charge >= 0.3 is 0 Å². The van der Waals surface area contributed by atoms with Gasteiger partial charge in [-0.3, -0.25) is 24.1 Å². The molecule has 24 heavy (non-hydrogen) atoms. The third-order valence-corrected chi connectivity index (χ3v) is 4.84. The lowest BCUT2D eigenvalue weighted by molar-refractivity contribution is -0.150. The Bertz CT molecular complexity index is 546. The molecule has 0 unspecified atom stereocenters. The van der Waals surface area contributed by atoms with Gasteiger partial charge in [0.2, 0.25) is 23.6 Å². The van der Waals surface area contributed by atoms with E-state index in [0.29, 0.717) is 32.2 Å². The van der Waals surface area contributed by atoms with Crippen molar-refractivity contribution in [2.75, 3.05) is 20.6 Å². The van der Waals surface area contributed by atoms with Crippen molar-refractivity contribution in [2.45, 2.75) is 38.6 Å². The zero-order valence-corrected chi connectivity index (χ0v) is 14.4. The minimum atomic E-state index is -0.805. The predicted molar refractivity (Wildman–Crippen MR) is 87.6 cm³/mol. The molecule has 0 radical (unpaired) electrons. The van der Waals surface area contributed by atoms with E-state index in [2.05, 4.69) is 5.32 Å². The molecule has 7 heteroatoms. The van der Waals surface area contributed by atoms with Crippen LogP contribution in [0.4, 0.5) is 0 Å². The number of hydrogen-bond acceptors (Lipinski definition) is 4. The Balaban J connectivity index is 1.96. The Morgan fingerprint density at radius 1 is 1.25 bits per heavy atom. The summed E-state index contributed by atoms with van der Waals surface area (Å²) < 4.78 is 0. The molecule has 0 saturated carbocycles. The van der Waals surface area contributed by atoms with Gasteiger partial charge < -0.3 is 10.2 Å². The molecule has 132 valence electrons. The number of allylic oxidation sites excluding steroid dienone is 2. The number of carbonyl (C=O) groups excluding carboxylic acids is 4. The van der Waals surface area contributed by atoms with E-state index in [1.807, 2.05) is 12.2 Å². The second kappa shape index (κ2) is 7.59. The van der Waals surface area contributed by atoms with Crippen LogP contribution in [-0.2, 0) is 19.2 Å². The lowest BCUT2D eigenvalue weighted by Gasteiger charge is -2.27. The van der Waals surface area contributed by atoms with Gasteiger partial charge in [-0.2, -0.15) is 0 Å². The maximum atomic E-state index is 12.5. The summed E-state index contributed by atoms with van der Waals surface area (Å²) in [5.41, 5.74) is 0. The monoisotopic (exact) mass is 335 g/mol. The molecule has 1 heterocycles. The zero-order chi connectivity index (χ0) is 17.9. The van der Waals surface area contributed by atoms with Gasteiger partial charge in [-0.05, 0) is 26.2 Å². The maximum Gasteiger partial charge on any atom is 0.245 e. The molecule has 2 rings (SSSR count). The average molecular weight is 335 g/mol. The van der Waals surface area contributed by atoms with Crippen LogP contribution >= 0.6 is 0 Å². The quantitative estimate of drug-likeness (QED) is 0.559. The highest BCUT2D eigenvalue weighted by molar-refractivity contribution is 6.08. The number of carbonyl (C=O) groups is 4. The first-order valence-corrected chi connectivity index (χ1v) is 8.36. The van der Waals surface area contributed by atoms with Gasteiger partial charge in [-0.25, -0.2) is 0 Å². The lowest BCUT2D eigenvalue weighted by Crippen LogP contribution is -2.49. The van der Waals surface area contributed by atoms with E-state index < -0.39 is 6.04 Å². The summed E-state index contributed by atoms with van der Waals surface area (Å²) in [7, 11) is 3.19. The summed E-state index contributed by atoms with van der Waals surface area (Å²) in [6.45, 7) is 2.00. The van der Waals surface area contributed by atoms with Crippen molar-refractivity contribution in [2.24, 2.45) is 11.8 Å². The normalized spacial score (nSPS) is 23.9. The summed E-state index contributed by atoms with van der Waals surface area (Å²) in [6, 6.07) is -0.805. The molecule has 1 aliphatic carbocycles. The maximum absolute atomic E-state index is 12.5. The van der Waals surface area contributed by atoms with Crippen LogP contribution < -0.4 is 5.32 Å². The highest BCUT2D eigenvalue weighted by Gasteiger charge is 2.50. The van der Waals surface area contributed by atoms with Crippen molar-refractivity contribution < 1.29 is 19.2 Å². The fourth-order valence-corrected chi connectivity index (χ4v) is 3.35. The highest BCUT2D eigenvalue weighted by Crippen LogP contribution is 2.36.